The first-order chi connectivity index (χ1) is 13.6. The molecule has 0 aromatic carbocycles. The Kier molecular flexibility index (Phi) is 6.16. The van der Waals surface area contributed by atoms with Crippen molar-refractivity contribution in [1.29, 1.82) is 0 Å². The van der Waals surface area contributed by atoms with Gasteiger partial charge in [-0.2, -0.15) is 0 Å². The molecule has 29 heavy (non-hydrogen) atoms. The van der Waals surface area contributed by atoms with Crippen molar-refractivity contribution >= 4 is 27.6 Å². The maximum atomic E-state index is 13.0. The van der Waals surface area contributed by atoms with Crippen molar-refractivity contribution in [2.45, 2.75) is 65.3 Å². The van der Waals surface area contributed by atoms with E-state index in [9.17, 15) is 14.4 Å². The van der Waals surface area contributed by atoms with E-state index in [1.54, 1.807) is 32.4 Å². The molecule has 0 spiro atoms. The molecule has 0 unspecified atom stereocenters. The molecule has 2 heterocycles. The molecule has 9 nitrogen and oxygen atoms in total. The lowest BCUT2D eigenvalue weighted by Gasteiger charge is -2.19. The zero-order valence-electron chi connectivity index (χ0n) is 17.5. The van der Waals surface area contributed by atoms with E-state index in [-0.39, 0.29) is 17.3 Å². The summed E-state index contributed by atoms with van der Waals surface area (Å²) in [7, 11) is 1.58. The summed E-state index contributed by atoms with van der Waals surface area (Å²) in [6, 6.07) is -0.0112. The number of aromatic nitrogens is 2. The van der Waals surface area contributed by atoms with Crippen LogP contribution in [0.4, 0.5) is 4.79 Å². The molecule has 10 heteroatoms. The Labute approximate surface area is 172 Å². The van der Waals surface area contributed by atoms with E-state index < -0.39 is 11.7 Å². The predicted molar refractivity (Wildman–Crippen MR) is 111 cm³/mol. The SMILES string of the molecule is COCCn1c(=O)n(C2CC2)c(=O)c2c(C)c(CNNC(=O)OC(C)(C)C)sc21. The summed E-state index contributed by atoms with van der Waals surface area (Å²) in [5.74, 6) is 0. The lowest BCUT2D eigenvalue weighted by molar-refractivity contribution is 0.0497. The highest BCUT2D eigenvalue weighted by Gasteiger charge is 2.30. The van der Waals surface area contributed by atoms with Gasteiger partial charge in [-0.05, 0) is 46.1 Å². The fourth-order valence-electron chi connectivity index (χ4n) is 3.11. The van der Waals surface area contributed by atoms with Gasteiger partial charge in [0.15, 0.2) is 0 Å². The number of rotatable bonds is 7. The van der Waals surface area contributed by atoms with Gasteiger partial charge in [-0.3, -0.25) is 19.4 Å². The van der Waals surface area contributed by atoms with Gasteiger partial charge in [-0.25, -0.2) is 15.0 Å². The van der Waals surface area contributed by atoms with Crippen molar-refractivity contribution < 1.29 is 14.3 Å². The summed E-state index contributed by atoms with van der Waals surface area (Å²) in [6.45, 7) is 8.29. The van der Waals surface area contributed by atoms with Crippen LogP contribution in [0.3, 0.4) is 0 Å². The van der Waals surface area contributed by atoms with Crippen molar-refractivity contribution in [2.24, 2.45) is 0 Å². The number of nitrogens with zero attached hydrogens (tertiary/aromatic N) is 2. The smallest absolute Gasteiger partial charge is 0.422 e. The van der Waals surface area contributed by atoms with Crippen molar-refractivity contribution in [3.05, 3.63) is 31.3 Å². The molecule has 1 aliphatic rings. The van der Waals surface area contributed by atoms with Crippen molar-refractivity contribution in [3.8, 4) is 0 Å². The highest BCUT2D eigenvalue weighted by Crippen LogP contribution is 2.34. The number of fused-ring (bicyclic) bond motifs is 1. The van der Waals surface area contributed by atoms with Gasteiger partial charge < -0.3 is 9.47 Å². The monoisotopic (exact) mass is 424 g/mol. The Morgan fingerprint density at radius 1 is 1.28 bits per heavy atom. The van der Waals surface area contributed by atoms with Gasteiger partial charge in [0.05, 0.1) is 18.5 Å². The third-order valence-electron chi connectivity index (χ3n) is 4.61. The molecule has 160 valence electrons. The van der Waals surface area contributed by atoms with Crippen LogP contribution in [-0.4, -0.2) is 34.5 Å². The third kappa shape index (κ3) is 4.71. The number of carbonyl (C=O) groups is 1. The van der Waals surface area contributed by atoms with E-state index >= 15 is 0 Å². The molecule has 1 amide bonds. The molecule has 2 N–H and O–H groups in total. The Hall–Kier alpha value is -2.17. The maximum absolute atomic E-state index is 13.0. The summed E-state index contributed by atoms with van der Waals surface area (Å²) in [6.07, 6.45) is 1.12. The fraction of sp³-hybridized carbons (Fsp3) is 0.632. The maximum Gasteiger partial charge on any atom is 0.422 e. The zero-order valence-corrected chi connectivity index (χ0v) is 18.3. The molecule has 1 saturated carbocycles. The molecule has 0 saturated heterocycles. The summed E-state index contributed by atoms with van der Waals surface area (Å²) in [5, 5.41) is 0.562. The number of amides is 1. The number of aryl methyl sites for hydroxylation is 1. The van der Waals surface area contributed by atoms with Crippen LogP contribution >= 0.6 is 11.3 Å². The second-order valence-electron chi connectivity index (χ2n) is 8.14. The average molecular weight is 425 g/mol. The van der Waals surface area contributed by atoms with E-state index in [2.05, 4.69) is 10.9 Å². The molecule has 0 bridgehead atoms. The molecule has 0 radical (unpaired) electrons. The van der Waals surface area contributed by atoms with Gasteiger partial charge in [-0.15, -0.1) is 11.3 Å². The number of carbonyl (C=O) groups excluding carboxylic acids is 1. The summed E-state index contributed by atoms with van der Waals surface area (Å²) >= 11 is 1.37. The molecule has 1 aliphatic carbocycles. The number of methoxy groups -OCH3 is 1. The van der Waals surface area contributed by atoms with Gasteiger partial charge in [0.2, 0.25) is 0 Å². The molecular weight excluding hydrogens is 396 g/mol. The van der Waals surface area contributed by atoms with E-state index in [1.165, 1.54) is 15.9 Å². The fourth-order valence-corrected chi connectivity index (χ4v) is 4.37. The Morgan fingerprint density at radius 3 is 2.55 bits per heavy atom. The Balaban J connectivity index is 1.91. The average Bonchev–Trinajstić information content (AvgIpc) is 3.38. The lowest BCUT2D eigenvalue weighted by Crippen LogP contribution is -2.40. The first-order valence-electron chi connectivity index (χ1n) is 9.62. The van der Waals surface area contributed by atoms with Gasteiger partial charge in [0.25, 0.3) is 5.56 Å². The van der Waals surface area contributed by atoms with Crippen LogP contribution in [0, 0.1) is 6.92 Å². The number of hydrogen-bond donors (Lipinski definition) is 2. The standard InChI is InChI=1S/C19H28N4O5S/c1-11-13(10-20-21-17(25)28-19(2,3)4)29-16-14(11)15(24)23(12-6-7-12)18(26)22(16)8-9-27-5/h12,20H,6-10H2,1-5H3,(H,21,25). The van der Waals surface area contributed by atoms with Crippen molar-refractivity contribution in [2.75, 3.05) is 13.7 Å². The second kappa shape index (κ2) is 8.29. The molecule has 1 fully saturated rings. The van der Waals surface area contributed by atoms with Crippen LogP contribution in [0.5, 0.6) is 0 Å². The first kappa shape index (κ1) is 21.5. The number of ether oxygens (including phenoxy) is 2. The lowest BCUT2D eigenvalue weighted by atomic mass is 10.2. The van der Waals surface area contributed by atoms with Gasteiger partial charge >= 0.3 is 11.8 Å². The van der Waals surface area contributed by atoms with Crippen LogP contribution in [0.25, 0.3) is 10.2 Å². The van der Waals surface area contributed by atoms with Crippen LogP contribution in [-0.2, 0) is 22.6 Å². The van der Waals surface area contributed by atoms with E-state index in [4.69, 9.17) is 9.47 Å². The Bertz CT molecular complexity index is 1030. The minimum Gasteiger partial charge on any atom is -0.443 e. The molecule has 2 aromatic heterocycles. The number of thiophene rings is 1. The van der Waals surface area contributed by atoms with Crippen molar-refractivity contribution in [3.63, 3.8) is 0 Å². The molecule has 0 atom stereocenters. The number of nitrogens with one attached hydrogen (secondary N) is 2. The molecule has 0 aliphatic heterocycles. The predicted octanol–water partition coefficient (Wildman–Crippen LogP) is 2.04. The normalized spacial score (nSPS) is 14.4. The minimum absolute atomic E-state index is 0.0112. The van der Waals surface area contributed by atoms with E-state index in [1.807, 2.05) is 6.92 Å². The molecular formula is C19H28N4O5S. The topological polar surface area (TPSA) is 104 Å². The van der Waals surface area contributed by atoms with E-state index in [0.717, 1.165) is 23.3 Å². The minimum atomic E-state index is -0.593. The van der Waals surface area contributed by atoms with Crippen LogP contribution in [0.2, 0.25) is 0 Å². The van der Waals surface area contributed by atoms with Gasteiger partial charge in [-0.1, -0.05) is 0 Å². The molecule has 2 aromatic rings. The highest BCUT2D eigenvalue weighted by atomic mass is 32.1. The molecule has 3 rings (SSSR count). The largest absolute Gasteiger partial charge is 0.443 e. The zero-order chi connectivity index (χ0) is 21.3. The quantitative estimate of drug-likeness (QED) is 0.660. The highest BCUT2D eigenvalue weighted by molar-refractivity contribution is 7.18. The second-order valence-corrected chi connectivity index (χ2v) is 9.23. The van der Waals surface area contributed by atoms with Crippen LogP contribution in [0.15, 0.2) is 9.59 Å². The summed E-state index contributed by atoms with van der Waals surface area (Å²) in [4.78, 5) is 39.3. The Morgan fingerprint density at radius 2 is 1.97 bits per heavy atom. The van der Waals surface area contributed by atoms with Crippen LogP contribution < -0.4 is 22.1 Å². The first-order valence-corrected chi connectivity index (χ1v) is 10.4. The van der Waals surface area contributed by atoms with Gasteiger partial charge in [0, 0.05) is 24.6 Å². The third-order valence-corrected chi connectivity index (χ3v) is 5.93. The number of hydrogen-bond acceptors (Lipinski definition) is 7. The van der Waals surface area contributed by atoms with Crippen LogP contribution in [0.1, 0.15) is 50.1 Å². The number of hydrazine groups is 1. The van der Waals surface area contributed by atoms with Gasteiger partial charge in [0.1, 0.15) is 10.4 Å². The summed E-state index contributed by atoms with van der Waals surface area (Å²) in [5.41, 5.74) is 5.04. The van der Waals surface area contributed by atoms with E-state index in [0.29, 0.717) is 29.9 Å². The van der Waals surface area contributed by atoms with Crippen molar-refractivity contribution in [1.82, 2.24) is 20.0 Å². The summed E-state index contributed by atoms with van der Waals surface area (Å²) < 4.78 is 13.3.